The second kappa shape index (κ2) is 14.4. The zero-order valence-corrected chi connectivity index (χ0v) is 23.3. The molecule has 0 spiro atoms. The second-order valence-corrected chi connectivity index (χ2v) is 9.85. The van der Waals surface area contributed by atoms with Gasteiger partial charge in [0.05, 0.1) is 5.56 Å². The van der Waals surface area contributed by atoms with Crippen LogP contribution in [0.1, 0.15) is 38.2 Å². The van der Waals surface area contributed by atoms with E-state index in [9.17, 15) is 9.90 Å². The van der Waals surface area contributed by atoms with Gasteiger partial charge < -0.3 is 19.9 Å². The summed E-state index contributed by atoms with van der Waals surface area (Å²) < 4.78 is 12.2. The van der Waals surface area contributed by atoms with Crippen molar-refractivity contribution < 1.29 is 19.4 Å². The molecule has 0 aliphatic rings. The van der Waals surface area contributed by atoms with Crippen LogP contribution in [-0.2, 0) is 19.6 Å². The molecule has 5 heteroatoms. The van der Waals surface area contributed by atoms with Crippen LogP contribution in [0.4, 0.5) is 0 Å². The monoisotopic (exact) mass is 555 g/mol. The highest BCUT2D eigenvalue weighted by atomic mass is 16.5. The molecule has 0 aromatic heterocycles. The lowest BCUT2D eigenvalue weighted by Crippen LogP contribution is -2.25. The Bertz CT molecular complexity index is 1620. The van der Waals surface area contributed by atoms with Crippen molar-refractivity contribution >= 4 is 18.1 Å². The number of rotatable bonds is 12. The Balaban J connectivity index is 1.31. The van der Waals surface area contributed by atoms with Gasteiger partial charge in [-0.05, 0) is 59.0 Å². The van der Waals surface area contributed by atoms with E-state index in [0.717, 1.165) is 33.6 Å². The van der Waals surface area contributed by atoms with Crippen LogP contribution in [0.2, 0.25) is 0 Å². The molecular formula is C37H33NO4. The van der Waals surface area contributed by atoms with Gasteiger partial charge in [0, 0.05) is 12.1 Å². The Morgan fingerprint density at radius 2 is 1.29 bits per heavy atom. The summed E-state index contributed by atoms with van der Waals surface area (Å²) in [6.07, 6.45) is 4.53. The number of hydrogen-bond donors (Lipinski definition) is 2. The fourth-order valence-corrected chi connectivity index (χ4v) is 4.44. The predicted molar refractivity (Wildman–Crippen MR) is 168 cm³/mol. The third kappa shape index (κ3) is 8.12. The minimum Gasteiger partial charge on any atom is -0.507 e. The number of aromatic hydroxyl groups is 1. The first-order valence-corrected chi connectivity index (χ1v) is 13.9. The molecule has 0 fully saturated rings. The first-order valence-electron chi connectivity index (χ1n) is 13.9. The number of hydrogen-bond acceptors (Lipinski definition) is 4. The molecule has 0 heterocycles. The minimum absolute atomic E-state index is 0.0625. The Labute approximate surface area is 246 Å². The van der Waals surface area contributed by atoms with E-state index in [1.165, 1.54) is 6.07 Å². The van der Waals surface area contributed by atoms with Crippen LogP contribution in [0.5, 0.6) is 17.2 Å². The van der Waals surface area contributed by atoms with Gasteiger partial charge in [-0.15, -0.1) is 0 Å². The Morgan fingerprint density at radius 3 is 1.95 bits per heavy atom. The molecule has 210 valence electrons. The highest BCUT2D eigenvalue weighted by molar-refractivity contribution is 5.97. The topological polar surface area (TPSA) is 67.8 Å². The van der Waals surface area contributed by atoms with Crippen LogP contribution in [-0.4, -0.2) is 17.6 Å². The number of benzene rings is 5. The van der Waals surface area contributed by atoms with Crippen molar-refractivity contribution in [2.75, 3.05) is 6.54 Å². The number of carbonyl (C=O) groups excluding carboxylic acids is 1. The number of amides is 1. The van der Waals surface area contributed by atoms with Crippen molar-refractivity contribution in [3.63, 3.8) is 0 Å². The quantitative estimate of drug-likeness (QED) is 0.155. The third-order valence-corrected chi connectivity index (χ3v) is 6.73. The normalized spacial score (nSPS) is 10.9. The number of carbonyl (C=O) groups is 1. The smallest absolute Gasteiger partial charge is 0.255 e. The summed E-state index contributed by atoms with van der Waals surface area (Å²) in [5.41, 5.74) is 5.12. The molecule has 0 aliphatic heterocycles. The van der Waals surface area contributed by atoms with Crippen molar-refractivity contribution in [3.05, 3.63) is 161 Å². The molecule has 1 amide bonds. The van der Waals surface area contributed by atoms with Crippen molar-refractivity contribution in [3.8, 4) is 17.2 Å². The number of nitrogens with one attached hydrogen (secondary N) is 1. The van der Waals surface area contributed by atoms with Crippen molar-refractivity contribution in [1.29, 1.82) is 0 Å². The van der Waals surface area contributed by atoms with Gasteiger partial charge in [0.15, 0.2) is 0 Å². The summed E-state index contributed by atoms with van der Waals surface area (Å²) in [4.78, 5) is 12.9. The lowest BCUT2D eigenvalue weighted by molar-refractivity contribution is 0.0951. The van der Waals surface area contributed by atoms with E-state index in [2.05, 4.69) is 5.32 Å². The Morgan fingerprint density at radius 1 is 0.667 bits per heavy atom. The minimum atomic E-state index is -0.318. The third-order valence-electron chi connectivity index (χ3n) is 6.73. The van der Waals surface area contributed by atoms with Gasteiger partial charge in [0.25, 0.3) is 5.91 Å². The van der Waals surface area contributed by atoms with E-state index in [-0.39, 0.29) is 17.2 Å². The molecule has 0 saturated carbocycles. The largest absolute Gasteiger partial charge is 0.507 e. The molecule has 0 aliphatic carbocycles. The molecule has 2 N–H and O–H groups in total. The summed E-state index contributed by atoms with van der Waals surface area (Å²) in [6, 6.07) is 40.7. The zero-order chi connectivity index (χ0) is 29.0. The molecule has 5 aromatic carbocycles. The fourth-order valence-electron chi connectivity index (χ4n) is 4.44. The van der Waals surface area contributed by atoms with Gasteiger partial charge in [0.1, 0.15) is 30.5 Å². The summed E-state index contributed by atoms with van der Waals surface area (Å²) in [7, 11) is 0. The van der Waals surface area contributed by atoms with E-state index < -0.39 is 0 Å². The summed E-state index contributed by atoms with van der Waals surface area (Å²) in [5.74, 6) is 1.05. The van der Waals surface area contributed by atoms with E-state index in [4.69, 9.17) is 9.47 Å². The number of ether oxygens (including phenoxy) is 2. The molecular weight excluding hydrogens is 522 g/mol. The van der Waals surface area contributed by atoms with Crippen molar-refractivity contribution in [2.24, 2.45) is 0 Å². The van der Waals surface area contributed by atoms with Crippen LogP contribution in [0.3, 0.4) is 0 Å². The van der Waals surface area contributed by atoms with Crippen LogP contribution in [0.25, 0.3) is 12.2 Å². The molecule has 5 rings (SSSR count). The molecule has 0 unspecified atom stereocenters. The van der Waals surface area contributed by atoms with Crippen molar-refractivity contribution in [2.45, 2.75) is 19.6 Å². The molecule has 0 bridgehead atoms. The van der Waals surface area contributed by atoms with Gasteiger partial charge in [0.2, 0.25) is 0 Å². The first kappa shape index (κ1) is 28.2. The number of phenolic OH excluding ortho intramolecular Hbond substituents is 1. The maximum Gasteiger partial charge on any atom is 0.255 e. The van der Waals surface area contributed by atoms with Crippen LogP contribution >= 0.6 is 0 Å². The maximum absolute atomic E-state index is 12.9. The molecule has 0 atom stereocenters. The van der Waals surface area contributed by atoms with Crippen molar-refractivity contribution in [1.82, 2.24) is 5.32 Å². The van der Waals surface area contributed by atoms with Crippen LogP contribution < -0.4 is 14.8 Å². The van der Waals surface area contributed by atoms with Gasteiger partial charge in [-0.3, -0.25) is 4.79 Å². The molecule has 0 radical (unpaired) electrons. The van der Waals surface area contributed by atoms with E-state index in [0.29, 0.717) is 31.9 Å². The average molecular weight is 556 g/mol. The van der Waals surface area contributed by atoms with Gasteiger partial charge >= 0.3 is 0 Å². The summed E-state index contributed by atoms with van der Waals surface area (Å²) >= 11 is 0. The second-order valence-electron chi connectivity index (χ2n) is 9.85. The fraction of sp³-hybridized carbons (Fsp3) is 0.108. The number of phenols is 1. The van der Waals surface area contributed by atoms with Crippen LogP contribution in [0, 0.1) is 0 Å². The van der Waals surface area contributed by atoms with Gasteiger partial charge in [-0.25, -0.2) is 0 Å². The standard InChI is InChI=1S/C37H33NO4/c39-35-20-17-29(24-34(35)37(40)38-23-22-28-10-4-1-5-11-28)16-18-32-25-33(41-26-30-12-6-2-7-13-30)19-21-36(32)42-27-31-14-8-3-9-15-31/h1-21,24-25,39H,22-23,26-27H2,(H,38,40)/b18-16+. The summed E-state index contributed by atoms with van der Waals surface area (Å²) in [6.45, 7) is 1.35. The van der Waals surface area contributed by atoms with E-state index >= 15 is 0 Å². The van der Waals surface area contributed by atoms with Crippen LogP contribution in [0.15, 0.2) is 127 Å². The first-order chi connectivity index (χ1) is 20.6. The van der Waals surface area contributed by atoms with Gasteiger partial charge in [-0.2, -0.15) is 0 Å². The Hall–Kier alpha value is -5.29. The maximum atomic E-state index is 12.9. The van der Waals surface area contributed by atoms with E-state index in [1.54, 1.807) is 12.1 Å². The lowest BCUT2D eigenvalue weighted by atomic mass is 10.1. The molecule has 0 saturated heterocycles. The molecule has 5 nitrogen and oxygen atoms in total. The van der Waals surface area contributed by atoms with Gasteiger partial charge in [-0.1, -0.05) is 109 Å². The van der Waals surface area contributed by atoms with E-state index in [1.807, 2.05) is 121 Å². The SMILES string of the molecule is O=C(NCCc1ccccc1)c1cc(/C=C/c2cc(OCc3ccccc3)ccc2OCc2ccccc2)ccc1O. The highest BCUT2D eigenvalue weighted by Crippen LogP contribution is 2.28. The molecule has 42 heavy (non-hydrogen) atoms. The predicted octanol–water partition coefficient (Wildman–Crippen LogP) is 7.69. The zero-order valence-electron chi connectivity index (χ0n) is 23.3. The lowest BCUT2D eigenvalue weighted by Gasteiger charge is -2.13. The molecule has 5 aromatic rings. The average Bonchev–Trinajstić information content (AvgIpc) is 3.04. The highest BCUT2D eigenvalue weighted by Gasteiger charge is 2.12. The Kier molecular flexibility index (Phi) is 9.67. The summed E-state index contributed by atoms with van der Waals surface area (Å²) in [5, 5.41) is 13.3.